The van der Waals surface area contributed by atoms with Crippen molar-refractivity contribution in [2.45, 2.75) is 6.61 Å². The number of rotatable bonds is 3. The Hall–Kier alpha value is -2.57. The zero-order chi connectivity index (χ0) is 15.4. The van der Waals surface area contributed by atoms with Crippen molar-refractivity contribution >= 4 is 11.8 Å². The third-order valence-corrected chi connectivity index (χ3v) is 2.55. The van der Waals surface area contributed by atoms with Crippen LogP contribution < -0.4 is 5.32 Å². The van der Waals surface area contributed by atoms with Crippen LogP contribution in [0, 0.1) is 23.3 Å². The summed E-state index contributed by atoms with van der Waals surface area (Å²) in [7, 11) is 0. The summed E-state index contributed by atoms with van der Waals surface area (Å²) in [5, 5.41) is 1.64. The highest BCUT2D eigenvalue weighted by molar-refractivity contribution is 5.85. The second-order valence-corrected chi connectivity index (χ2v) is 4.03. The van der Waals surface area contributed by atoms with Gasteiger partial charge in [-0.15, -0.1) is 0 Å². The van der Waals surface area contributed by atoms with Gasteiger partial charge in [-0.25, -0.2) is 22.4 Å². The molecule has 110 valence electrons. The first-order valence-corrected chi connectivity index (χ1v) is 5.79. The van der Waals surface area contributed by atoms with Gasteiger partial charge in [0.25, 0.3) is 0 Å². The van der Waals surface area contributed by atoms with Gasteiger partial charge in [-0.3, -0.25) is 5.32 Å². The molecular weight excluding hydrogens is 290 g/mol. The number of carbonyl (C=O) groups excluding carboxylic acids is 1. The minimum Gasteiger partial charge on any atom is -0.444 e. The summed E-state index contributed by atoms with van der Waals surface area (Å²) in [5.74, 6) is -6.64. The van der Waals surface area contributed by atoms with Gasteiger partial charge in [0.05, 0.1) is 0 Å². The third-order valence-electron chi connectivity index (χ3n) is 2.55. The van der Waals surface area contributed by atoms with Gasteiger partial charge < -0.3 is 4.74 Å². The molecule has 7 heteroatoms. The van der Waals surface area contributed by atoms with Crippen molar-refractivity contribution < 1.29 is 27.1 Å². The normalized spacial score (nSPS) is 10.3. The molecule has 0 aliphatic carbocycles. The molecule has 0 unspecified atom stereocenters. The summed E-state index contributed by atoms with van der Waals surface area (Å²) in [5.41, 5.74) is -0.593. The lowest BCUT2D eigenvalue weighted by atomic mass is 10.2. The van der Waals surface area contributed by atoms with Gasteiger partial charge in [-0.1, -0.05) is 30.3 Å². The lowest BCUT2D eigenvalue weighted by molar-refractivity contribution is 0.155. The lowest BCUT2D eigenvalue weighted by Crippen LogP contribution is -2.17. The average Bonchev–Trinajstić information content (AvgIpc) is 2.48. The Labute approximate surface area is 117 Å². The molecule has 0 aliphatic rings. The number of halogens is 4. The summed E-state index contributed by atoms with van der Waals surface area (Å²) in [6.45, 7) is -0.159. The van der Waals surface area contributed by atoms with Crippen LogP contribution in [-0.2, 0) is 11.3 Å². The summed E-state index contributed by atoms with van der Waals surface area (Å²) in [6, 6.07) is 8.54. The molecule has 0 saturated heterocycles. The topological polar surface area (TPSA) is 38.3 Å². The highest BCUT2D eigenvalue weighted by Gasteiger charge is 2.21. The van der Waals surface area contributed by atoms with Crippen molar-refractivity contribution in [3.8, 4) is 0 Å². The first-order chi connectivity index (χ1) is 9.99. The van der Waals surface area contributed by atoms with Crippen molar-refractivity contribution in [2.75, 3.05) is 5.32 Å². The van der Waals surface area contributed by atoms with Crippen LogP contribution in [0.4, 0.5) is 28.0 Å². The van der Waals surface area contributed by atoms with Crippen molar-refractivity contribution in [2.24, 2.45) is 0 Å². The SMILES string of the molecule is O=C(Nc1c(F)c(F)cc(F)c1F)OCc1ccccc1. The van der Waals surface area contributed by atoms with Gasteiger partial charge in [-0.2, -0.15) is 0 Å². The molecule has 2 rings (SSSR count). The largest absolute Gasteiger partial charge is 0.444 e. The lowest BCUT2D eigenvalue weighted by Gasteiger charge is -2.09. The standard InChI is InChI=1S/C14H9F4NO2/c15-9-6-10(16)12(18)13(11(9)17)19-14(20)21-7-8-4-2-1-3-5-8/h1-6H,7H2,(H,19,20). The van der Waals surface area contributed by atoms with Crippen LogP contribution in [0.1, 0.15) is 5.56 Å². The summed E-state index contributed by atoms with van der Waals surface area (Å²) >= 11 is 0. The van der Waals surface area contributed by atoms with E-state index in [1.165, 1.54) is 0 Å². The second-order valence-electron chi connectivity index (χ2n) is 4.03. The number of amides is 1. The molecule has 1 N–H and O–H groups in total. The summed E-state index contributed by atoms with van der Waals surface area (Å²) in [4.78, 5) is 11.4. The van der Waals surface area contributed by atoms with Gasteiger partial charge in [0.15, 0.2) is 23.3 Å². The smallest absolute Gasteiger partial charge is 0.412 e. The predicted molar refractivity (Wildman–Crippen MR) is 66.5 cm³/mol. The van der Waals surface area contributed by atoms with Crippen LogP contribution in [0.3, 0.4) is 0 Å². The van der Waals surface area contributed by atoms with Gasteiger partial charge >= 0.3 is 6.09 Å². The number of hydrogen-bond donors (Lipinski definition) is 1. The maximum atomic E-state index is 13.3. The maximum absolute atomic E-state index is 13.3. The number of benzene rings is 2. The number of nitrogens with one attached hydrogen (secondary N) is 1. The molecule has 21 heavy (non-hydrogen) atoms. The first-order valence-electron chi connectivity index (χ1n) is 5.79. The molecule has 0 saturated carbocycles. The first kappa shape index (κ1) is 14.8. The molecule has 0 aromatic heterocycles. The van der Waals surface area contributed by atoms with E-state index in [1.807, 2.05) is 0 Å². The molecule has 0 atom stereocenters. The predicted octanol–water partition coefficient (Wildman–Crippen LogP) is 3.99. The summed E-state index contributed by atoms with van der Waals surface area (Å²) < 4.78 is 57.2. The Balaban J connectivity index is 2.07. The van der Waals surface area contributed by atoms with Gasteiger partial charge in [-0.05, 0) is 5.56 Å². The Kier molecular flexibility index (Phi) is 4.42. The molecule has 0 heterocycles. The van der Waals surface area contributed by atoms with E-state index in [-0.39, 0.29) is 12.7 Å². The molecular formula is C14H9F4NO2. The van der Waals surface area contributed by atoms with Crippen LogP contribution >= 0.6 is 0 Å². The minimum absolute atomic E-state index is 0.0468. The Morgan fingerprint density at radius 2 is 1.57 bits per heavy atom. The number of anilines is 1. The quantitative estimate of drug-likeness (QED) is 0.687. The zero-order valence-electron chi connectivity index (χ0n) is 10.5. The van der Waals surface area contributed by atoms with Crippen molar-refractivity contribution in [3.05, 3.63) is 65.2 Å². The fourth-order valence-corrected chi connectivity index (χ4v) is 1.54. The van der Waals surface area contributed by atoms with Gasteiger partial charge in [0, 0.05) is 6.07 Å². The van der Waals surface area contributed by atoms with E-state index in [9.17, 15) is 22.4 Å². The number of ether oxygens (including phenoxy) is 1. The molecule has 0 spiro atoms. The number of carbonyl (C=O) groups is 1. The molecule has 2 aromatic carbocycles. The second kappa shape index (κ2) is 6.25. The van der Waals surface area contributed by atoms with E-state index < -0.39 is 35.0 Å². The van der Waals surface area contributed by atoms with Gasteiger partial charge in [0.2, 0.25) is 0 Å². The monoisotopic (exact) mass is 299 g/mol. The van der Waals surface area contributed by atoms with E-state index in [2.05, 4.69) is 0 Å². The van der Waals surface area contributed by atoms with Crippen LogP contribution in [0.15, 0.2) is 36.4 Å². The molecule has 0 fully saturated rings. The Bertz CT molecular complexity index is 636. The molecule has 2 aromatic rings. The van der Waals surface area contributed by atoms with Crippen LogP contribution in [0.5, 0.6) is 0 Å². The highest BCUT2D eigenvalue weighted by atomic mass is 19.2. The van der Waals surface area contributed by atoms with E-state index in [0.29, 0.717) is 5.56 Å². The van der Waals surface area contributed by atoms with E-state index in [1.54, 1.807) is 35.6 Å². The van der Waals surface area contributed by atoms with E-state index in [4.69, 9.17) is 4.74 Å². The summed E-state index contributed by atoms with van der Waals surface area (Å²) in [6.07, 6.45) is -1.23. The van der Waals surface area contributed by atoms with Crippen LogP contribution in [0.2, 0.25) is 0 Å². The fourth-order valence-electron chi connectivity index (χ4n) is 1.54. The molecule has 3 nitrogen and oxygen atoms in total. The fraction of sp³-hybridized carbons (Fsp3) is 0.0714. The molecule has 0 radical (unpaired) electrons. The average molecular weight is 299 g/mol. The third kappa shape index (κ3) is 3.50. The molecule has 1 amide bonds. The van der Waals surface area contributed by atoms with Crippen molar-refractivity contribution in [3.63, 3.8) is 0 Å². The van der Waals surface area contributed by atoms with E-state index >= 15 is 0 Å². The van der Waals surface area contributed by atoms with E-state index in [0.717, 1.165) is 0 Å². The van der Waals surface area contributed by atoms with Crippen molar-refractivity contribution in [1.29, 1.82) is 0 Å². The van der Waals surface area contributed by atoms with Crippen molar-refractivity contribution in [1.82, 2.24) is 0 Å². The minimum atomic E-state index is -1.70. The maximum Gasteiger partial charge on any atom is 0.412 e. The van der Waals surface area contributed by atoms with Crippen LogP contribution in [-0.4, -0.2) is 6.09 Å². The zero-order valence-corrected chi connectivity index (χ0v) is 10.5. The molecule has 0 aliphatic heterocycles. The molecule has 0 bridgehead atoms. The Morgan fingerprint density at radius 1 is 1.00 bits per heavy atom. The van der Waals surface area contributed by atoms with Gasteiger partial charge in [0.1, 0.15) is 12.3 Å². The Morgan fingerprint density at radius 3 is 2.14 bits per heavy atom. The highest BCUT2D eigenvalue weighted by Crippen LogP contribution is 2.24. The van der Waals surface area contributed by atoms with Crippen LogP contribution in [0.25, 0.3) is 0 Å². The number of hydrogen-bond acceptors (Lipinski definition) is 2.